The molecule has 1 fully saturated rings. The Morgan fingerprint density at radius 1 is 1.31 bits per heavy atom. The summed E-state index contributed by atoms with van der Waals surface area (Å²) in [4.78, 5) is 14.9. The van der Waals surface area contributed by atoms with Crippen LogP contribution in [0.3, 0.4) is 0 Å². The van der Waals surface area contributed by atoms with E-state index < -0.39 is 0 Å². The van der Waals surface area contributed by atoms with Crippen LogP contribution in [0.5, 0.6) is 0 Å². The standard InChI is InChI=1S/C22H27ClN4O2/c1-2-9-27(10-7-16-12-15(28)8-11-29-16)21-13-17(18(23)14-24-21)22-25-19-5-3-4-6-20(19)26-22/h3-6,13-16,28H,2,7-12H2,1H3,(H,25,26). The summed E-state index contributed by atoms with van der Waals surface area (Å²) in [5.41, 5.74) is 2.74. The molecule has 2 unspecified atom stereocenters. The van der Waals surface area contributed by atoms with E-state index >= 15 is 0 Å². The van der Waals surface area contributed by atoms with Gasteiger partial charge < -0.3 is 19.7 Å². The summed E-state index contributed by atoms with van der Waals surface area (Å²) in [7, 11) is 0. The minimum atomic E-state index is -0.248. The van der Waals surface area contributed by atoms with Gasteiger partial charge in [0.05, 0.1) is 28.3 Å². The van der Waals surface area contributed by atoms with Crippen LogP contribution in [0.1, 0.15) is 32.6 Å². The van der Waals surface area contributed by atoms with E-state index in [9.17, 15) is 5.11 Å². The van der Waals surface area contributed by atoms with E-state index in [2.05, 4.69) is 26.8 Å². The predicted octanol–water partition coefficient (Wildman–Crippen LogP) is 4.42. The molecule has 0 bridgehead atoms. The summed E-state index contributed by atoms with van der Waals surface area (Å²) in [6, 6.07) is 9.94. The first kappa shape index (κ1) is 20.1. The fraction of sp³-hybridized carbons (Fsp3) is 0.455. The van der Waals surface area contributed by atoms with E-state index in [0.29, 0.717) is 18.1 Å². The molecule has 1 aliphatic heterocycles. The number of para-hydroxylation sites is 2. The van der Waals surface area contributed by atoms with Crippen molar-refractivity contribution < 1.29 is 9.84 Å². The number of anilines is 1. The number of nitrogens with one attached hydrogen (secondary N) is 1. The minimum absolute atomic E-state index is 0.0975. The van der Waals surface area contributed by atoms with Crippen LogP contribution in [0, 0.1) is 0 Å². The third-order valence-corrected chi connectivity index (χ3v) is 5.66. The predicted molar refractivity (Wildman–Crippen MR) is 116 cm³/mol. The highest BCUT2D eigenvalue weighted by atomic mass is 35.5. The molecule has 1 aliphatic rings. The molecule has 6 nitrogen and oxygen atoms in total. The molecule has 0 spiro atoms. The number of aliphatic hydroxyl groups is 1. The molecule has 0 saturated carbocycles. The Bertz CT molecular complexity index is 928. The fourth-order valence-corrected chi connectivity index (χ4v) is 4.03. The average molecular weight is 415 g/mol. The number of rotatable bonds is 7. The highest BCUT2D eigenvalue weighted by Crippen LogP contribution is 2.30. The molecule has 0 radical (unpaired) electrons. The number of hydrogen-bond acceptors (Lipinski definition) is 5. The lowest BCUT2D eigenvalue weighted by molar-refractivity contribution is -0.0452. The van der Waals surface area contributed by atoms with Gasteiger partial charge in [0.25, 0.3) is 0 Å². The van der Waals surface area contributed by atoms with E-state index in [-0.39, 0.29) is 12.2 Å². The van der Waals surface area contributed by atoms with Gasteiger partial charge in [-0.25, -0.2) is 9.97 Å². The Kier molecular flexibility index (Phi) is 6.33. The van der Waals surface area contributed by atoms with Gasteiger partial charge in [-0.1, -0.05) is 30.7 Å². The number of halogens is 1. The molecule has 154 valence electrons. The summed E-state index contributed by atoms with van der Waals surface area (Å²) in [5.74, 6) is 1.62. The maximum Gasteiger partial charge on any atom is 0.140 e. The Labute approximate surface area is 175 Å². The first-order valence-electron chi connectivity index (χ1n) is 10.3. The van der Waals surface area contributed by atoms with Crippen LogP contribution in [0.15, 0.2) is 36.5 Å². The smallest absolute Gasteiger partial charge is 0.140 e. The number of H-pyrrole nitrogens is 1. The maximum atomic E-state index is 9.89. The van der Waals surface area contributed by atoms with E-state index in [1.54, 1.807) is 6.20 Å². The van der Waals surface area contributed by atoms with E-state index in [0.717, 1.165) is 60.6 Å². The molecule has 0 aliphatic carbocycles. The van der Waals surface area contributed by atoms with E-state index in [1.807, 2.05) is 30.3 Å². The molecular formula is C22H27ClN4O2. The summed E-state index contributed by atoms with van der Waals surface area (Å²) in [6.45, 7) is 4.50. The van der Waals surface area contributed by atoms with Gasteiger partial charge in [-0.3, -0.25) is 0 Å². The van der Waals surface area contributed by atoms with Gasteiger partial charge in [0.2, 0.25) is 0 Å². The summed E-state index contributed by atoms with van der Waals surface area (Å²) < 4.78 is 5.82. The number of aromatic nitrogens is 3. The molecule has 3 aromatic rings. The molecule has 7 heteroatoms. The van der Waals surface area contributed by atoms with Gasteiger partial charge in [-0.2, -0.15) is 0 Å². The highest BCUT2D eigenvalue weighted by molar-refractivity contribution is 6.33. The van der Waals surface area contributed by atoms with Crippen molar-refractivity contribution in [2.24, 2.45) is 0 Å². The Morgan fingerprint density at radius 3 is 2.97 bits per heavy atom. The van der Waals surface area contributed by atoms with Crippen molar-refractivity contribution in [1.82, 2.24) is 15.0 Å². The van der Waals surface area contributed by atoms with Crippen LogP contribution in [0.25, 0.3) is 22.4 Å². The molecule has 1 aromatic carbocycles. The van der Waals surface area contributed by atoms with Crippen molar-refractivity contribution in [2.75, 3.05) is 24.6 Å². The molecule has 3 heterocycles. The number of imidazole rings is 1. The number of pyridine rings is 1. The summed E-state index contributed by atoms with van der Waals surface area (Å²) >= 11 is 6.47. The van der Waals surface area contributed by atoms with Crippen molar-refractivity contribution in [3.63, 3.8) is 0 Å². The van der Waals surface area contributed by atoms with Gasteiger partial charge in [0, 0.05) is 31.5 Å². The zero-order valence-corrected chi connectivity index (χ0v) is 17.4. The molecule has 2 atom stereocenters. The third kappa shape index (κ3) is 4.71. The van der Waals surface area contributed by atoms with Gasteiger partial charge >= 0.3 is 0 Å². The molecule has 4 rings (SSSR count). The zero-order chi connectivity index (χ0) is 20.2. The SMILES string of the molecule is CCCN(CCC1CC(O)CCO1)c1cc(-c2nc3ccccc3[nH]2)c(Cl)cn1. The summed E-state index contributed by atoms with van der Waals surface area (Å²) in [5, 5.41) is 10.5. The Hall–Kier alpha value is -2.15. The minimum Gasteiger partial charge on any atom is -0.393 e. The lowest BCUT2D eigenvalue weighted by Gasteiger charge is -2.30. The number of aliphatic hydroxyl groups excluding tert-OH is 1. The summed E-state index contributed by atoms with van der Waals surface area (Å²) in [6.07, 6.45) is 4.86. The number of hydrogen-bond donors (Lipinski definition) is 2. The van der Waals surface area contributed by atoms with Crippen LogP contribution in [0.2, 0.25) is 5.02 Å². The number of ether oxygens (including phenoxy) is 1. The number of fused-ring (bicyclic) bond motifs is 1. The first-order valence-corrected chi connectivity index (χ1v) is 10.7. The van der Waals surface area contributed by atoms with Crippen molar-refractivity contribution in [1.29, 1.82) is 0 Å². The van der Waals surface area contributed by atoms with Crippen LogP contribution < -0.4 is 4.90 Å². The first-order chi connectivity index (χ1) is 14.1. The quantitative estimate of drug-likeness (QED) is 0.598. The number of benzene rings is 1. The van der Waals surface area contributed by atoms with Gasteiger partial charge in [-0.05, 0) is 43.9 Å². The fourth-order valence-electron chi connectivity index (χ4n) is 3.83. The van der Waals surface area contributed by atoms with Crippen LogP contribution in [-0.2, 0) is 4.74 Å². The second-order valence-electron chi connectivity index (χ2n) is 7.57. The lowest BCUT2D eigenvalue weighted by Crippen LogP contribution is -2.34. The molecule has 2 aromatic heterocycles. The van der Waals surface area contributed by atoms with Crippen molar-refractivity contribution >= 4 is 28.5 Å². The van der Waals surface area contributed by atoms with Crippen LogP contribution in [-0.4, -0.2) is 52.0 Å². The average Bonchev–Trinajstić information content (AvgIpc) is 3.16. The third-order valence-electron chi connectivity index (χ3n) is 5.36. The van der Waals surface area contributed by atoms with Crippen LogP contribution in [0.4, 0.5) is 5.82 Å². The normalized spacial score (nSPS) is 19.6. The van der Waals surface area contributed by atoms with Crippen LogP contribution >= 0.6 is 11.6 Å². The van der Waals surface area contributed by atoms with Crippen molar-refractivity contribution in [2.45, 2.75) is 44.8 Å². The van der Waals surface area contributed by atoms with Crippen molar-refractivity contribution in [3.05, 3.63) is 41.6 Å². The second kappa shape index (κ2) is 9.11. The number of aromatic amines is 1. The molecular weight excluding hydrogens is 388 g/mol. The number of nitrogens with zero attached hydrogens (tertiary/aromatic N) is 3. The second-order valence-corrected chi connectivity index (χ2v) is 7.98. The van der Waals surface area contributed by atoms with Crippen molar-refractivity contribution in [3.8, 4) is 11.4 Å². The monoisotopic (exact) mass is 414 g/mol. The molecule has 2 N–H and O–H groups in total. The Morgan fingerprint density at radius 2 is 2.17 bits per heavy atom. The maximum absolute atomic E-state index is 9.89. The van der Waals surface area contributed by atoms with E-state index in [4.69, 9.17) is 16.3 Å². The molecule has 0 amide bonds. The van der Waals surface area contributed by atoms with Gasteiger partial charge in [0.1, 0.15) is 11.6 Å². The molecule has 29 heavy (non-hydrogen) atoms. The zero-order valence-electron chi connectivity index (χ0n) is 16.6. The molecule has 1 saturated heterocycles. The van der Waals surface area contributed by atoms with Gasteiger partial charge in [-0.15, -0.1) is 0 Å². The highest BCUT2D eigenvalue weighted by Gasteiger charge is 2.22. The van der Waals surface area contributed by atoms with Gasteiger partial charge in [0.15, 0.2) is 0 Å². The largest absolute Gasteiger partial charge is 0.393 e. The lowest BCUT2D eigenvalue weighted by atomic mass is 10.0. The van der Waals surface area contributed by atoms with E-state index in [1.165, 1.54) is 0 Å². The Balaban J connectivity index is 1.56. The topological polar surface area (TPSA) is 74.3 Å².